The molecule has 0 fully saturated rings. The Hall–Kier alpha value is -2.03. The molecule has 88 valence electrons. The lowest BCUT2D eigenvalue weighted by Crippen LogP contribution is -1.95. The number of aryl methyl sites for hydroxylation is 1. The first kappa shape index (κ1) is 11.5. The van der Waals surface area contributed by atoms with E-state index in [0.29, 0.717) is 12.3 Å². The molecule has 0 unspecified atom stereocenters. The third kappa shape index (κ3) is 2.38. The van der Waals surface area contributed by atoms with Crippen molar-refractivity contribution in [1.29, 1.82) is 0 Å². The van der Waals surface area contributed by atoms with E-state index in [9.17, 15) is 0 Å². The van der Waals surface area contributed by atoms with Crippen LogP contribution in [0, 0.1) is 6.92 Å². The molecule has 0 aliphatic rings. The Morgan fingerprint density at radius 3 is 2.47 bits per heavy atom. The molecule has 0 saturated heterocycles. The Balaban J connectivity index is 2.40. The van der Waals surface area contributed by atoms with Crippen LogP contribution in [0.25, 0.3) is 11.1 Å². The molecule has 0 amide bonds. The highest BCUT2D eigenvalue weighted by atomic mass is 16.5. The molecular formula is C14H16N2O. The van der Waals surface area contributed by atoms with Gasteiger partial charge in [-0.15, -0.1) is 0 Å². The fourth-order valence-corrected chi connectivity index (χ4v) is 1.86. The second-order valence-electron chi connectivity index (χ2n) is 3.88. The summed E-state index contributed by atoms with van der Waals surface area (Å²) >= 11 is 0. The first-order valence-electron chi connectivity index (χ1n) is 5.65. The minimum Gasteiger partial charge on any atom is -0.494 e. The summed E-state index contributed by atoms with van der Waals surface area (Å²) in [5.41, 5.74) is 9.87. The van der Waals surface area contributed by atoms with Crippen LogP contribution >= 0.6 is 0 Å². The lowest BCUT2D eigenvalue weighted by molar-refractivity contribution is 0.340. The fraction of sp³-hybridized carbons (Fsp3) is 0.214. The lowest BCUT2D eigenvalue weighted by Gasteiger charge is -2.10. The van der Waals surface area contributed by atoms with E-state index in [-0.39, 0.29) is 0 Å². The van der Waals surface area contributed by atoms with Crippen LogP contribution in [0.5, 0.6) is 5.75 Å². The molecule has 1 aromatic carbocycles. The van der Waals surface area contributed by atoms with Crippen LogP contribution in [0.2, 0.25) is 0 Å². The van der Waals surface area contributed by atoms with Gasteiger partial charge < -0.3 is 10.5 Å². The topological polar surface area (TPSA) is 48.1 Å². The monoisotopic (exact) mass is 228 g/mol. The maximum absolute atomic E-state index is 5.96. The molecule has 1 aromatic heterocycles. The van der Waals surface area contributed by atoms with Gasteiger partial charge in [-0.05, 0) is 37.1 Å². The van der Waals surface area contributed by atoms with Gasteiger partial charge in [0.2, 0.25) is 0 Å². The van der Waals surface area contributed by atoms with Crippen molar-refractivity contribution in [2.24, 2.45) is 0 Å². The standard InChI is InChI=1S/C14H16N2O/c1-3-17-12-6-4-11(5-7-12)14-10(2)8-16-9-13(14)15/h4-9H,3,15H2,1-2H3. The number of benzene rings is 1. The van der Waals surface area contributed by atoms with Crippen LogP contribution < -0.4 is 10.5 Å². The Morgan fingerprint density at radius 1 is 1.18 bits per heavy atom. The van der Waals surface area contributed by atoms with Crippen molar-refractivity contribution in [2.45, 2.75) is 13.8 Å². The summed E-state index contributed by atoms with van der Waals surface area (Å²) < 4.78 is 5.41. The van der Waals surface area contributed by atoms with Gasteiger partial charge in [0.1, 0.15) is 5.75 Å². The Kier molecular flexibility index (Phi) is 3.28. The zero-order valence-corrected chi connectivity index (χ0v) is 10.1. The molecular weight excluding hydrogens is 212 g/mol. The zero-order valence-electron chi connectivity index (χ0n) is 10.1. The highest BCUT2D eigenvalue weighted by Crippen LogP contribution is 2.29. The van der Waals surface area contributed by atoms with Gasteiger partial charge >= 0.3 is 0 Å². The van der Waals surface area contributed by atoms with E-state index >= 15 is 0 Å². The van der Waals surface area contributed by atoms with Gasteiger partial charge in [-0.3, -0.25) is 4.98 Å². The summed E-state index contributed by atoms with van der Waals surface area (Å²) in [6, 6.07) is 7.95. The third-order valence-electron chi connectivity index (χ3n) is 2.62. The summed E-state index contributed by atoms with van der Waals surface area (Å²) in [6.07, 6.45) is 3.50. The number of hydrogen-bond acceptors (Lipinski definition) is 3. The second kappa shape index (κ2) is 4.87. The van der Waals surface area contributed by atoms with E-state index in [1.807, 2.05) is 44.3 Å². The van der Waals surface area contributed by atoms with Crippen LogP contribution in [-0.2, 0) is 0 Å². The molecule has 0 bridgehead atoms. The van der Waals surface area contributed by atoms with Crippen molar-refractivity contribution in [1.82, 2.24) is 4.98 Å². The first-order valence-corrected chi connectivity index (χ1v) is 5.65. The number of hydrogen-bond donors (Lipinski definition) is 1. The molecule has 3 heteroatoms. The summed E-state index contributed by atoms with van der Waals surface area (Å²) in [5.74, 6) is 0.876. The molecule has 2 aromatic rings. The zero-order chi connectivity index (χ0) is 12.3. The van der Waals surface area contributed by atoms with E-state index < -0.39 is 0 Å². The van der Waals surface area contributed by atoms with Gasteiger partial charge in [0.25, 0.3) is 0 Å². The second-order valence-corrected chi connectivity index (χ2v) is 3.88. The Labute approximate surface area is 101 Å². The molecule has 3 nitrogen and oxygen atoms in total. The molecule has 0 aliphatic carbocycles. The minimum atomic E-state index is 0.676. The van der Waals surface area contributed by atoms with Crippen LogP contribution in [0.15, 0.2) is 36.7 Å². The van der Waals surface area contributed by atoms with Crippen LogP contribution in [0.1, 0.15) is 12.5 Å². The van der Waals surface area contributed by atoms with Gasteiger partial charge in [0, 0.05) is 11.8 Å². The molecule has 1 heterocycles. The summed E-state index contributed by atoms with van der Waals surface area (Å²) in [7, 11) is 0. The van der Waals surface area contributed by atoms with Crippen molar-refractivity contribution in [3.05, 3.63) is 42.2 Å². The van der Waals surface area contributed by atoms with E-state index in [2.05, 4.69) is 4.98 Å². The van der Waals surface area contributed by atoms with E-state index in [1.165, 1.54) is 0 Å². The number of ether oxygens (including phenoxy) is 1. The van der Waals surface area contributed by atoms with Crippen molar-refractivity contribution in [3.8, 4) is 16.9 Å². The number of nitrogens with two attached hydrogens (primary N) is 1. The molecule has 0 spiro atoms. The van der Waals surface area contributed by atoms with Gasteiger partial charge in [-0.2, -0.15) is 0 Å². The Morgan fingerprint density at radius 2 is 1.88 bits per heavy atom. The quantitative estimate of drug-likeness (QED) is 0.878. The van der Waals surface area contributed by atoms with Gasteiger partial charge in [0.15, 0.2) is 0 Å². The summed E-state index contributed by atoms with van der Waals surface area (Å²) in [5, 5.41) is 0. The number of anilines is 1. The maximum Gasteiger partial charge on any atom is 0.119 e. The number of nitrogen functional groups attached to an aromatic ring is 1. The van der Waals surface area contributed by atoms with Gasteiger partial charge in [-0.25, -0.2) is 0 Å². The fourth-order valence-electron chi connectivity index (χ4n) is 1.86. The highest BCUT2D eigenvalue weighted by molar-refractivity contribution is 5.78. The number of rotatable bonds is 3. The molecule has 17 heavy (non-hydrogen) atoms. The van der Waals surface area contributed by atoms with E-state index in [1.54, 1.807) is 6.20 Å². The number of nitrogens with zero attached hydrogens (tertiary/aromatic N) is 1. The van der Waals surface area contributed by atoms with E-state index in [4.69, 9.17) is 10.5 Å². The molecule has 0 atom stereocenters. The molecule has 0 radical (unpaired) electrons. The third-order valence-corrected chi connectivity index (χ3v) is 2.62. The van der Waals surface area contributed by atoms with E-state index in [0.717, 1.165) is 22.4 Å². The van der Waals surface area contributed by atoms with Gasteiger partial charge in [-0.1, -0.05) is 12.1 Å². The molecule has 0 saturated carbocycles. The normalized spacial score (nSPS) is 10.2. The highest BCUT2D eigenvalue weighted by Gasteiger charge is 2.06. The van der Waals surface area contributed by atoms with Crippen LogP contribution in [0.3, 0.4) is 0 Å². The maximum atomic E-state index is 5.96. The lowest BCUT2D eigenvalue weighted by atomic mass is 10.0. The Bertz CT molecular complexity index is 486. The van der Waals surface area contributed by atoms with Gasteiger partial charge in [0.05, 0.1) is 18.5 Å². The van der Waals surface area contributed by atoms with Crippen molar-refractivity contribution in [3.63, 3.8) is 0 Å². The number of pyridine rings is 1. The molecule has 2 rings (SSSR count). The average molecular weight is 228 g/mol. The predicted molar refractivity (Wildman–Crippen MR) is 70.0 cm³/mol. The van der Waals surface area contributed by atoms with Crippen LogP contribution in [-0.4, -0.2) is 11.6 Å². The SMILES string of the molecule is CCOc1ccc(-c2c(C)cncc2N)cc1. The smallest absolute Gasteiger partial charge is 0.119 e. The van der Waals surface area contributed by atoms with Crippen molar-refractivity contribution >= 4 is 5.69 Å². The largest absolute Gasteiger partial charge is 0.494 e. The molecule has 0 aliphatic heterocycles. The van der Waals surface area contributed by atoms with Crippen molar-refractivity contribution in [2.75, 3.05) is 12.3 Å². The first-order chi connectivity index (χ1) is 8.22. The summed E-state index contributed by atoms with van der Waals surface area (Å²) in [4.78, 5) is 4.07. The van der Waals surface area contributed by atoms with Crippen LogP contribution in [0.4, 0.5) is 5.69 Å². The predicted octanol–water partition coefficient (Wildman–Crippen LogP) is 3.04. The minimum absolute atomic E-state index is 0.676. The van der Waals surface area contributed by atoms with Crippen molar-refractivity contribution < 1.29 is 4.74 Å². The average Bonchev–Trinajstić information content (AvgIpc) is 2.31. The summed E-state index contributed by atoms with van der Waals surface area (Å²) in [6.45, 7) is 4.66. The number of aromatic nitrogens is 1. The molecule has 2 N–H and O–H groups in total.